The van der Waals surface area contributed by atoms with Gasteiger partial charge in [0.05, 0.1) is 11.4 Å². The van der Waals surface area contributed by atoms with E-state index >= 15 is 0 Å². The summed E-state index contributed by atoms with van der Waals surface area (Å²) >= 11 is 1.77. The Bertz CT molecular complexity index is 508. The Hall–Kier alpha value is -0.750. The number of benzene rings is 1. The SMILES string of the molecule is CC(C)C(SCc1ccccc1)C(=O)N1CCC(OCCCN)CC1.Cl. The molecule has 26 heavy (non-hydrogen) atoms. The van der Waals surface area contributed by atoms with Crippen LogP contribution in [-0.2, 0) is 15.3 Å². The van der Waals surface area contributed by atoms with E-state index in [9.17, 15) is 4.79 Å². The van der Waals surface area contributed by atoms with Crippen LogP contribution in [0.15, 0.2) is 30.3 Å². The van der Waals surface area contributed by atoms with E-state index in [-0.39, 0.29) is 29.7 Å². The molecule has 1 aliphatic heterocycles. The number of ether oxygens (including phenoxy) is 1. The van der Waals surface area contributed by atoms with Crippen molar-refractivity contribution in [3.63, 3.8) is 0 Å². The van der Waals surface area contributed by atoms with Gasteiger partial charge in [-0.3, -0.25) is 4.79 Å². The van der Waals surface area contributed by atoms with E-state index in [0.717, 1.165) is 44.7 Å². The fourth-order valence-corrected chi connectivity index (χ4v) is 4.31. The number of nitrogens with two attached hydrogens (primary N) is 1. The van der Waals surface area contributed by atoms with Gasteiger partial charge in [0.1, 0.15) is 0 Å². The van der Waals surface area contributed by atoms with Gasteiger partial charge in [0, 0.05) is 25.4 Å². The number of piperidine rings is 1. The zero-order chi connectivity index (χ0) is 18.1. The van der Waals surface area contributed by atoms with E-state index in [1.807, 2.05) is 11.0 Å². The largest absolute Gasteiger partial charge is 0.378 e. The van der Waals surface area contributed by atoms with Crippen LogP contribution in [0.5, 0.6) is 0 Å². The molecule has 0 saturated carbocycles. The molecule has 1 unspecified atom stereocenters. The summed E-state index contributed by atoms with van der Waals surface area (Å²) in [5, 5.41) is 0.0231. The molecule has 1 aromatic carbocycles. The maximum Gasteiger partial charge on any atom is 0.235 e. The zero-order valence-electron chi connectivity index (χ0n) is 15.9. The van der Waals surface area contributed by atoms with Crippen molar-refractivity contribution in [2.45, 2.75) is 50.2 Å². The lowest BCUT2D eigenvalue weighted by molar-refractivity contribution is -0.134. The first kappa shape index (κ1) is 23.3. The number of hydrogen-bond acceptors (Lipinski definition) is 4. The highest BCUT2D eigenvalue weighted by molar-refractivity contribution is 7.99. The highest BCUT2D eigenvalue weighted by atomic mass is 35.5. The van der Waals surface area contributed by atoms with Crippen LogP contribution in [-0.4, -0.2) is 48.4 Å². The molecule has 0 radical (unpaired) electrons. The summed E-state index contributed by atoms with van der Waals surface area (Å²) < 4.78 is 5.84. The smallest absolute Gasteiger partial charge is 0.235 e. The summed E-state index contributed by atoms with van der Waals surface area (Å²) in [4.78, 5) is 15.0. The summed E-state index contributed by atoms with van der Waals surface area (Å²) in [6, 6.07) is 10.4. The summed E-state index contributed by atoms with van der Waals surface area (Å²) in [6.07, 6.45) is 3.06. The number of hydrogen-bond donors (Lipinski definition) is 1. The first-order valence-corrected chi connectivity index (χ1v) is 10.4. The van der Waals surface area contributed by atoms with Crippen molar-refractivity contribution in [1.29, 1.82) is 0 Å². The van der Waals surface area contributed by atoms with Gasteiger partial charge < -0.3 is 15.4 Å². The van der Waals surface area contributed by atoms with Gasteiger partial charge in [-0.1, -0.05) is 44.2 Å². The van der Waals surface area contributed by atoms with Crippen molar-refractivity contribution in [2.24, 2.45) is 11.7 Å². The molecule has 1 aliphatic rings. The first-order chi connectivity index (χ1) is 12.1. The highest BCUT2D eigenvalue weighted by Crippen LogP contribution is 2.27. The average Bonchev–Trinajstić information content (AvgIpc) is 2.63. The topological polar surface area (TPSA) is 55.6 Å². The maximum absolute atomic E-state index is 13.0. The standard InChI is InChI=1S/C20H32N2O2S.ClH/c1-16(2)19(25-15-17-7-4-3-5-8-17)20(23)22-12-9-18(10-13-22)24-14-6-11-21;/h3-5,7-8,16,18-19H,6,9-15,21H2,1-2H3;1H. The van der Waals surface area contributed by atoms with Crippen molar-refractivity contribution >= 4 is 30.1 Å². The van der Waals surface area contributed by atoms with Crippen LogP contribution in [0, 0.1) is 5.92 Å². The second-order valence-electron chi connectivity index (χ2n) is 7.00. The predicted molar refractivity (Wildman–Crippen MR) is 113 cm³/mol. The van der Waals surface area contributed by atoms with Crippen LogP contribution >= 0.6 is 24.2 Å². The fourth-order valence-electron chi connectivity index (χ4n) is 3.07. The molecule has 2 rings (SSSR count). The van der Waals surface area contributed by atoms with E-state index in [1.54, 1.807) is 11.8 Å². The second kappa shape index (κ2) is 12.6. The minimum absolute atomic E-state index is 0. The van der Waals surface area contributed by atoms with Crippen LogP contribution in [0.3, 0.4) is 0 Å². The maximum atomic E-state index is 13.0. The Morgan fingerprint density at radius 1 is 1.27 bits per heavy atom. The first-order valence-electron chi connectivity index (χ1n) is 9.37. The average molecular weight is 401 g/mol. The fraction of sp³-hybridized carbons (Fsp3) is 0.650. The monoisotopic (exact) mass is 400 g/mol. The third kappa shape index (κ3) is 7.47. The summed E-state index contributed by atoms with van der Waals surface area (Å²) in [5.74, 6) is 1.50. The molecule has 148 valence electrons. The van der Waals surface area contributed by atoms with Crippen molar-refractivity contribution in [1.82, 2.24) is 4.90 Å². The van der Waals surface area contributed by atoms with E-state index in [4.69, 9.17) is 10.5 Å². The number of rotatable bonds is 9. The Kier molecular flexibility index (Phi) is 11.3. The zero-order valence-corrected chi connectivity index (χ0v) is 17.6. The Morgan fingerprint density at radius 3 is 2.50 bits per heavy atom. The second-order valence-corrected chi connectivity index (χ2v) is 8.13. The lowest BCUT2D eigenvalue weighted by atomic mass is 10.0. The van der Waals surface area contributed by atoms with Crippen LogP contribution in [0.4, 0.5) is 0 Å². The molecular weight excluding hydrogens is 368 g/mol. The number of carbonyl (C=O) groups is 1. The van der Waals surface area contributed by atoms with E-state index < -0.39 is 0 Å². The minimum Gasteiger partial charge on any atom is -0.378 e. The van der Waals surface area contributed by atoms with Gasteiger partial charge in [0.15, 0.2) is 0 Å². The molecule has 4 nitrogen and oxygen atoms in total. The third-order valence-corrected chi connectivity index (χ3v) is 6.18. The predicted octanol–water partition coefficient (Wildman–Crippen LogP) is 3.72. The van der Waals surface area contributed by atoms with Gasteiger partial charge in [0.25, 0.3) is 0 Å². The molecule has 1 amide bonds. The molecule has 1 aromatic rings. The molecule has 0 aromatic heterocycles. The van der Waals surface area contributed by atoms with Gasteiger partial charge in [-0.15, -0.1) is 24.2 Å². The molecule has 1 saturated heterocycles. The lowest BCUT2D eigenvalue weighted by Crippen LogP contribution is -2.46. The van der Waals surface area contributed by atoms with Gasteiger partial charge in [-0.25, -0.2) is 0 Å². The van der Waals surface area contributed by atoms with Crippen molar-refractivity contribution in [3.05, 3.63) is 35.9 Å². The highest BCUT2D eigenvalue weighted by Gasteiger charge is 2.30. The minimum atomic E-state index is 0. The van der Waals surface area contributed by atoms with Crippen LogP contribution in [0.2, 0.25) is 0 Å². The quantitative estimate of drug-likeness (QED) is 0.642. The number of nitrogens with zero attached hydrogens (tertiary/aromatic N) is 1. The van der Waals surface area contributed by atoms with E-state index in [2.05, 4.69) is 38.1 Å². The molecule has 1 atom stereocenters. The summed E-state index contributed by atoms with van der Waals surface area (Å²) in [6.45, 7) is 7.30. The van der Waals surface area contributed by atoms with Gasteiger partial charge >= 0.3 is 0 Å². The molecule has 0 spiro atoms. The van der Waals surface area contributed by atoms with Gasteiger partial charge in [-0.05, 0) is 37.3 Å². The molecule has 0 bridgehead atoms. The molecule has 1 fully saturated rings. The molecule has 2 N–H and O–H groups in total. The van der Waals surface area contributed by atoms with Gasteiger partial charge in [-0.2, -0.15) is 0 Å². The number of halogens is 1. The molecule has 6 heteroatoms. The van der Waals surface area contributed by atoms with Gasteiger partial charge in [0.2, 0.25) is 5.91 Å². The van der Waals surface area contributed by atoms with Crippen LogP contribution in [0.25, 0.3) is 0 Å². The third-order valence-electron chi connectivity index (χ3n) is 4.58. The normalized spacial score (nSPS) is 16.4. The van der Waals surface area contributed by atoms with Crippen molar-refractivity contribution in [3.8, 4) is 0 Å². The Labute approximate surface area is 168 Å². The number of carbonyl (C=O) groups excluding carboxylic acids is 1. The van der Waals surface area contributed by atoms with E-state index in [1.165, 1.54) is 5.56 Å². The number of thioether (sulfide) groups is 1. The Balaban J connectivity index is 0.00000338. The Morgan fingerprint density at radius 2 is 1.92 bits per heavy atom. The van der Waals surface area contributed by atoms with Crippen LogP contribution < -0.4 is 5.73 Å². The lowest BCUT2D eigenvalue weighted by Gasteiger charge is -2.35. The molecular formula is C20H33ClN2O2S. The van der Waals surface area contributed by atoms with Crippen molar-refractivity contribution in [2.75, 3.05) is 26.2 Å². The summed E-state index contributed by atoms with van der Waals surface area (Å²) in [7, 11) is 0. The number of likely N-dealkylation sites (tertiary alicyclic amines) is 1. The molecule has 0 aliphatic carbocycles. The molecule has 1 heterocycles. The summed E-state index contributed by atoms with van der Waals surface area (Å²) in [5.41, 5.74) is 6.78. The van der Waals surface area contributed by atoms with E-state index in [0.29, 0.717) is 12.5 Å². The van der Waals surface area contributed by atoms with Crippen LogP contribution in [0.1, 0.15) is 38.7 Å². The number of amides is 1. The van der Waals surface area contributed by atoms with Crippen molar-refractivity contribution < 1.29 is 9.53 Å².